The second-order valence-corrected chi connectivity index (χ2v) is 10.8. The Labute approximate surface area is 165 Å². The Morgan fingerprint density at radius 3 is 3.07 bits per heavy atom. The number of aromatic nitrogens is 2. The maximum Gasteiger partial charge on any atom is 0.493 e. The largest absolute Gasteiger partial charge is 0.493 e. The summed E-state index contributed by atoms with van der Waals surface area (Å²) < 4.78 is 33.2. The molecule has 2 N–H and O–H groups in total. The van der Waals surface area contributed by atoms with Gasteiger partial charge < -0.3 is 14.7 Å². The Morgan fingerprint density at radius 1 is 1.39 bits per heavy atom. The number of nitrogens with one attached hydrogen (secondary N) is 1. The van der Waals surface area contributed by atoms with E-state index in [0.717, 1.165) is 54.2 Å². The van der Waals surface area contributed by atoms with Crippen LogP contribution >= 0.6 is 0 Å². The van der Waals surface area contributed by atoms with Crippen LogP contribution in [0.2, 0.25) is 0 Å². The van der Waals surface area contributed by atoms with Crippen LogP contribution < -0.4 is 5.46 Å². The van der Waals surface area contributed by atoms with Crippen LogP contribution in [0.15, 0.2) is 18.5 Å². The molecule has 0 aromatic carbocycles. The van der Waals surface area contributed by atoms with Gasteiger partial charge >= 0.3 is 7.12 Å². The first-order valence-corrected chi connectivity index (χ1v) is 11.8. The van der Waals surface area contributed by atoms with Crippen molar-refractivity contribution in [2.75, 3.05) is 18.8 Å². The van der Waals surface area contributed by atoms with E-state index in [1.807, 2.05) is 19.2 Å². The zero-order valence-corrected chi connectivity index (χ0v) is 17.0. The molecular formula is C19H26BN3O4S. The zero-order chi connectivity index (χ0) is 19.6. The molecule has 2 aromatic rings. The lowest BCUT2D eigenvalue weighted by atomic mass is 9.75. The van der Waals surface area contributed by atoms with Gasteiger partial charge in [-0.25, -0.2) is 17.7 Å². The van der Waals surface area contributed by atoms with Gasteiger partial charge in [0.25, 0.3) is 0 Å². The molecule has 1 saturated carbocycles. The van der Waals surface area contributed by atoms with Crippen LogP contribution in [-0.2, 0) is 20.3 Å². The molecule has 2 spiro atoms. The molecule has 2 unspecified atom stereocenters. The van der Waals surface area contributed by atoms with Crippen LogP contribution in [0.4, 0.5) is 0 Å². The van der Waals surface area contributed by atoms with Crippen LogP contribution in [0.25, 0.3) is 11.0 Å². The summed E-state index contributed by atoms with van der Waals surface area (Å²) in [5, 5.41) is 11.6. The molecule has 5 rings (SSSR count). The Hall–Kier alpha value is -1.42. The van der Waals surface area contributed by atoms with Crippen molar-refractivity contribution in [3.05, 3.63) is 24.0 Å². The highest BCUT2D eigenvalue weighted by Gasteiger charge is 2.58. The molecule has 7 nitrogen and oxygen atoms in total. The standard InChI is InChI=1S/C19H26BN3O4S/c1-2-10-28(25,26)23-9-3-5-18(13-23)6-7-19(12-18)16-14-4-8-21-17(14)22-11-15(16)20(24)27-19/h4,8,11,24H,2-3,5-7,9-10,12-13H2,1H3,(H,21,22). The van der Waals surface area contributed by atoms with Crippen molar-refractivity contribution in [2.24, 2.45) is 5.41 Å². The molecule has 0 amide bonds. The summed E-state index contributed by atoms with van der Waals surface area (Å²) in [7, 11) is -4.17. The fourth-order valence-electron chi connectivity index (χ4n) is 5.75. The topological polar surface area (TPSA) is 95.5 Å². The first kappa shape index (κ1) is 18.6. The van der Waals surface area contributed by atoms with E-state index in [0.29, 0.717) is 19.5 Å². The van der Waals surface area contributed by atoms with Gasteiger partial charge in [0.15, 0.2) is 0 Å². The maximum absolute atomic E-state index is 12.7. The van der Waals surface area contributed by atoms with Crippen LogP contribution in [0.1, 0.15) is 51.0 Å². The summed E-state index contributed by atoms with van der Waals surface area (Å²) in [6.07, 6.45) is 8.53. The normalized spacial score (nSPS) is 30.7. The minimum atomic E-state index is -3.20. The van der Waals surface area contributed by atoms with Crippen molar-refractivity contribution in [3.8, 4) is 0 Å². The molecule has 2 fully saturated rings. The number of H-pyrrole nitrogens is 1. The lowest BCUT2D eigenvalue weighted by molar-refractivity contribution is 0.0419. The summed E-state index contributed by atoms with van der Waals surface area (Å²) in [6, 6.07) is 1.99. The van der Waals surface area contributed by atoms with Crippen molar-refractivity contribution in [3.63, 3.8) is 0 Å². The quantitative estimate of drug-likeness (QED) is 0.757. The molecule has 1 aliphatic carbocycles. The second-order valence-electron chi connectivity index (χ2n) is 8.72. The summed E-state index contributed by atoms with van der Waals surface area (Å²) in [6.45, 7) is 3.08. The predicted octanol–water partition coefficient (Wildman–Crippen LogP) is 1.48. The second kappa shape index (κ2) is 6.29. The summed E-state index contributed by atoms with van der Waals surface area (Å²) >= 11 is 0. The number of nitrogens with zero attached hydrogens (tertiary/aromatic N) is 2. The Morgan fingerprint density at radius 2 is 2.25 bits per heavy atom. The van der Waals surface area contributed by atoms with E-state index in [2.05, 4.69) is 9.97 Å². The molecule has 2 aromatic heterocycles. The first-order chi connectivity index (χ1) is 13.4. The molecule has 28 heavy (non-hydrogen) atoms. The summed E-state index contributed by atoms with van der Waals surface area (Å²) in [5.74, 6) is 0.210. The van der Waals surface area contributed by atoms with Gasteiger partial charge in [0, 0.05) is 36.3 Å². The summed E-state index contributed by atoms with van der Waals surface area (Å²) in [5.41, 5.74) is 1.93. The number of fused-ring (bicyclic) bond motifs is 4. The molecule has 0 radical (unpaired) electrons. The fraction of sp³-hybridized carbons (Fsp3) is 0.632. The lowest BCUT2D eigenvalue weighted by Crippen LogP contribution is -2.46. The van der Waals surface area contributed by atoms with E-state index in [4.69, 9.17) is 4.65 Å². The molecule has 3 aliphatic rings. The van der Waals surface area contributed by atoms with Gasteiger partial charge in [0.1, 0.15) is 5.65 Å². The Balaban J connectivity index is 1.51. The van der Waals surface area contributed by atoms with E-state index in [1.165, 1.54) is 0 Å². The molecule has 4 heterocycles. The van der Waals surface area contributed by atoms with Gasteiger partial charge in [-0.2, -0.15) is 0 Å². The highest BCUT2D eigenvalue weighted by atomic mass is 32.2. The van der Waals surface area contributed by atoms with E-state index < -0.39 is 22.7 Å². The maximum atomic E-state index is 12.7. The van der Waals surface area contributed by atoms with Crippen molar-refractivity contribution < 1.29 is 18.1 Å². The number of piperidine rings is 1. The van der Waals surface area contributed by atoms with Crippen molar-refractivity contribution >= 4 is 33.6 Å². The van der Waals surface area contributed by atoms with Crippen LogP contribution in [0.5, 0.6) is 0 Å². The van der Waals surface area contributed by atoms with Gasteiger partial charge in [0.2, 0.25) is 10.0 Å². The van der Waals surface area contributed by atoms with E-state index >= 15 is 0 Å². The smallest absolute Gasteiger partial charge is 0.423 e. The third-order valence-corrected chi connectivity index (χ3v) is 8.90. The number of hydrogen-bond donors (Lipinski definition) is 2. The molecule has 150 valence electrons. The van der Waals surface area contributed by atoms with E-state index in [1.54, 1.807) is 10.5 Å². The third kappa shape index (κ3) is 2.67. The first-order valence-electron chi connectivity index (χ1n) is 10.2. The van der Waals surface area contributed by atoms with Crippen molar-refractivity contribution in [2.45, 2.75) is 51.0 Å². The monoisotopic (exact) mass is 403 g/mol. The predicted molar refractivity (Wildman–Crippen MR) is 108 cm³/mol. The lowest BCUT2D eigenvalue weighted by Gasteiger charge is -2.41. The third-order valence-electron chi connectivity index (χ3n) is 6.88. The van der Waals surface area contributed by atoms with Crippen LogP contribution in [0, 0.1) is 5.41 Å². The number of hydrogen-bond acceptors (Lipinski definition) is 5. The molecule has 9 heteroatoms. The molecule has 0 bridgehead atoms. The van der Waals surface area contributed by atoms with Crippen LogP contribution in [-0.4, -0.2) is 53.7 Å². The average Bonchev–Trinajstić information content (AvgIpc) is 3.33. The number of pyridine rings is 1. The molecule has 1 saturated heterocycles. The van der Waals surface area contributed by atoms with Gasteiger partial charge in [-0.15, -0.1) is 0 Å². The fourth-order valence-corrected chi connectivity index (χ4v) is 7.41. The van der Waals surface area contributed by atoms with Gasteiger partial charge in [-0.1, -0.05) is 6.92 Å². The number of aromatic amines is 1. The molecular weight excluding hydrogens is 377 g/mol. The number of sulfonamides is 1. The minimum absolute atomic E-state index is 0.0910. The van der Waals surface area contributed by atoms with Crippen molar-refractivity contribution in [1.82, 2.24) is 14.3 Å². The summed E-state index contributed by atoms with van der Waals surface area (Å²) in [4.78, 5) is 7.55. The number of rotatable bonds is 3. The SMILES string of the molecule is CCCS(=O)(=O)N1CCCC2(CCC3(C2)OB(O)c2cnc4[nH]ccc4c23)C1. The van der Waals surface area contributed by atoms with Crippen LogP contribution in [0.3, 0.4) is 0 Å². The van der Waals surface area contributed by atoms with E-state index in [-0.39, 0.29) is 11.2 Å². The van der Waals surface area contributed by atoms with Gasteiger partial charge in [0.05, 0.1) is 11.4 Å². The average molecular weight is 403 g/mol. The minimum Gasteiger partial charge on any atom is -0.423 e. The highest BCUT2D eigenvalue weighted by molar-refractivity contribution is 7.89. The molecule has 2 aliphatic heterocycles. The Kier molecular flexibility index (Phi) is 4.18. The highest BCUT2D eigenvalue weighted by Crippen LogP contribution is 2.57. The van der Waals surface area contributed by atoms with Gasteiger partial charge in [-0.3, -0.25) is 0 Å². The van der Waals surface area contributed by atoms with Gasteiger partial charge in [-0.05, 0) is 55.6 Å². The van der Waals surface area contributed by atoms with Crippen molar-refractivity contribution in [1.29, 1.82) is 0 Å². The zero-order valence-electron chi connectivity index (χ0n) is 16.1. The molecule has 2 atom stereocenters. The van der Waals surface area contributed by atoms with E-state index in [9.17, 15) is 13.4 Å². The Bertz CT molecular complexity index is 1030.